The maximum absolute atomic E-state index is 11.8. The standard InChI is InChI=1S/C14H14BrN3O2/c1-18(2)14(19)13-8-11(3-4-17-13)20-12-6-9(15)5-10(16)7-12/h3-8H,16H2,1-2H3. The number of benzene rings is 1. The molecule has 20 heavy (non-hydrogen) atoms. The van der Waals surface area contributed by atoms with Gasteiger partial charge >= 0.3 is 0 Å². The van der Waals surface area contributed by atoms with Crippen LogP contribution in [-0.2, 0) is 0 Å². The minimum atomic E-state index is -0.177. The first kappa shape index (κ1) is 14.3. The monoisotopic (exact) mass is 335 g/mol. The van der Waals surface area contributed by atoms with E-state index in [1.165, 1.54) is 11.1 Å². The first-order valence-electron chi connectivity index (χ1n) is 5.87. The maximum atomic E-state index is 11.8. The molecule has 0 aliphatic heterocycles. The quantitative estimate of drug-likeness (QED) is 0.875. The van der Waals surface area contributed by atoms with Gasteiger partial charge in [0.1, 0.15) is 17.2 Å². The van der Waals surface area contributed by atoms with Crippen molar-refractivity contribution in [2.75, 3.05) is 19.8 Å². The number of nitrogens with zero attached hydrogens (tertiary/aromatic N) is 2. The number of hydrogen-bond acceptors (Lipinski definition) is 4. The summed E-state index contributed by atoms with van der Waals surface area (Å²) in [5.74, 6) is 0.943. The van der Waals surface area contributed by atoms with Crippen LogP contribution in [0.5, 0.6) is 11.5 Å². The van der Waals surface area contributed by atoms with E-state index in [1.54, 1.807) is 44.4 Å². The van der Waals surface area contributed by atoms with Crippen LogP contribution in [0.4, 0.5) is 5.69 Å². The van der Waals surface area contributed by atoms with Gasteiger partial charge in [0.05, 0.1) is 0 Å². The summed E-state index contributed by atoms with van der Waals surface area (Å²) in [6.45, 7) is 0. The molecule has 1 amide bonds. The Labute approximate surface area is 125 Å². The lowest BCUT2D eigenvalue weighted by atomic mass is 10.3. The summed E-state index contributed by atoms with van der Waals surface area (Å²) < 4.78 is 6.51. The molecule has 5 nitrogen and oxygen atoms in total. The van der Waals surface area contributed by atoms with E-state index in [0.717, 1.165) is 4.47 Å². The highest BCUT2D eigenvalue weighted by molar-refractivity contribution is 9.10. The number of carbonyl (C=O) groups is 1. The number of nitrogens with two attached hydrogens (primary N) is 1. The fourth-order valence-electron chi connectivity index (χ4n) is 1.60. The molecule has 2 rings (SSSR count). The number of aromatic nitrogens is 1. The van der Waals surface area contributed by atoms with Crippen molar-refractivity contribution in [2.45, 2.75) is 0 Å². The summed E-state index contributed by atoms with van der Waals surface area (Å²) in [5.41, 5.74) is 6.67. The molecule has 0 spiro atoms. The first-order valence-corrected chi connectivity index (χ1v) is 6.66. The highest BCUT2D eigenvalue weighted by Gasteiger charge is 2.11. The number of pyridine rings is 1. The fraction of sp³-hybridized carbons (Fsp3) is 0.143. The van der Waals surface area contributed by atoms with Crippen LogP contribution in [0.3, 0.4) is 0 Å². The lowest BCUT2D eigenvalue weighted by molar-refractivity contribution is 0.0821. The minimum absolute atomic E-state index is 0.177. The molecular formula is C14H14BrN3O2. The second kappa shape index (κ2) is 5.92. The van der Waals surface area contributed by atoms with Crippen molar-refractivity contribution in [3.63, 3.8) is 0 Å². The second-order valence-corrected chi connectivity index (χ2v) is 5.31. The predicted molar refractivity (Wildman–Crippen MR) is 80.9 cm³/mol. The Kier molecular flexibility index (Phi) is 4.24. The van der Waals surface area contributed by atoms with Crippen LogP contribution in [0.1, 0.15) is 10.5 Å². The molecule has 0 saturated carbocycles. The van der Waals surface area contributed by atoms with Crippen molar-refractivity contribution < 1.29 is 9.53 Å². The van der Waals surface area contributed by atoms with Crippen molar-refractivity contribution in [3.8, 4) is 11.5 Å². The van der Waals surface area contributed by atoms with E-state index in [1.807, 2.05) is 0 Å². The number of rotatable bonds is 3. The maximum Gasteiger partial charge on any atom is 0.272 e. The Morgan fingerprint density at radius 2 is 2.00 bits per heavy atom. The third kappa shape index (κ3) is 3.48. The van der Waals surface area contributed by atoms with Gasteiger partial charge in [0.2, 0.25) is 0 Å². The van der Waals surface area contributed by atoms with Crippen LogP contribution in [0, 0.1) is 0 Å². The molecule has 1 aromatic heterocycles. The number of ether oxygens (including phenoxy) is 1. The highest BCUT2D eigenvalue weighted by atomic mass is 79.9. The zero-order chi connectivity index (χ0) is 14.7. The Balaban J connectivity index is 2.25. The van der Waals surface area contributed by atoms with E-state index >= 15 is 0 Å². The number of anilines is 1. The molecule has 2 aromatic rings. The largest absolute Gasteiger partial charge is 0.457 e. The Hall–Kier alpha value is -2.08. The fourth-order valence-corrected chi connectivity index (χ4v) is 2.09. The lowest BCUT2D eigenvalue weighted by Gasteiger charge is -2.11. The van der Waals surface area contributed by atoms with Crippen molar-refractivity contribution in [1.82, 2.24) is 9.88 Å². The molecule has 0 saturated heterocycles. The van der Waals surface area contributed by atoms with Crippen LogP contribution in [0.2, 0.25) is 0 Å². The number of halogens is 1. The summed E-state index contributed by atoms with van der Waals surface area (Å²) in [4.78, 5) is 17.3. The zero-order valence-corrected chi connectivity index (χ0v) is 12.7. The van der Waals surface area contributed by atoms with E-state index in [2.05, 4.69) is 20.9 Å². The van der Waals surface area contributed by atoms with Gasteiger partial charge in [-0.3, -0.25) is 9.78 Å². The predicted octanol–water partition coefficient (Wildman–Crippen LogP) is 2.92. The van der Waals surface area contributed by atoms with Gasteiger partial charge in [-0.05, 0) is 18.2 Å². The minimum Gasteiger partial charge on any atom is -0.457 e. The van der Waals surface area contributed by atoms with Gasteiger partial charge in [-0.2, -0.15) is 0 Å². The van der Waals surface area contributed by atoms with Crippen molar-refractivity contribution in [3.05, 3.63) is 46.7 Å². The Morgan fingerprint density at radius 3 is 2.65 bits per heavy atom. The molecule has 2 N–H and O–H groups in total. The summed E-state index contributed by atoms with van der Waals surface area (Å²) in [5, 5.41) is 0. The van der Waals surface area contributed by atoms with Gasteiger partial charge in [0, 0.05) is 42.6 Å². The molecule has 0 aliphatic rings. The molecule has 0 fully saturated rings. The smallest absolute Gasteiger partial charge is 0.272 e. The third-order valence-electron chi connectivity index (χ3n) is 2.49. The van der Waals surface area contributed by atoms with Crippen LogP contribution in [0.15, 0.2) is 41.0 Å². The molecule has 0 bridgehead atoms. The SMILES string of the molecule is CN(C)C(=O)c1cc(Oc2cc(N)cc(Br)c2)ccn1. The van der Waals surface area contributed by atoms with Gasteiger partial charge in [0.25, 0.3) is 5.91 Å². The average molecular weight is 336 g/mol. The molecule has 104 valence electrons. The molecule has 0 aliphatic carbocycles. The van der Waals surface area contributed by atoms with Crippen molar-refractivity contribution >= 4 is 27.5 Å². The summed E-state index contributed by atoms with van der Waals surface area (Å²) in [6.07, 6.45) is 1.54. The highest BCUT2D eigenvalue weighted by Crippen LogP contribution is 2.27. The normalized spacial score (nSPS) is 10.2. The van der Waals surface area contributed by atoms with Crippen LogP contribution in [-0.4, -0.2) is 29.9 Å². The summed E-state index contributed by atoms with van der Waals surface area (Å²) in [7, 11) is 3.35. The summed E-state index contributed by atoms with van der Waals surface area (Å²) >= 11 is 3.35. The molecule has 1 aromatic carbocycles. The average Bonchev–Trinajstić information content (AvgIpc) is 2.36. The number of amides is 1. The van der Waals surface area contributed by atoms with Gasteiger partial charge in [-0.15, -0.1) is 0 Å². The molecule has 0 unspecified atom stereocenters. The van der Waals surface area contributed by atoms with Crippen molar-refractivity contribution in [1.29, 1.82) is 0 Å². The number of hydrogen-bond donors (Lipinski definition) is 1. The van der Waals surface area contributed by atoms with E-state index in [9.17, 15) is 4.79 Å². The molecule has 1 heterocycles. The Bertz CT molecular complexity index is 624. The number of carbonyl (C=O) groups excluding carboxylic acids is 1. The molecule has 0 radical (unpaired) electrons. The first-order chi connectivity index (χ1) is 9.45. The topological polar surface area (TPSA) is 68.5 Å². The third-order valence-corrected chi connectivity index (χ3v) is 2.94. The van der Waals surface area contributed by atoms with E-state index in [4.69, 9.17) is 10.5 Å². The Morgan fingerprint density at radius 1 is 1.25 bits per heavy atom. The van der Waals surface area contributed by atoms with E-state index in [0.29, 0.717) is 22.9 Å². The van der Waals surface area contributed by atoms with E-state index < -0.39 is 0 Å². The van der Waals surface area contributed by atoms with Gasteiger partial charge < -0.3 is 15.4 Å². The molecule has 0 atom stereocenters. The number of nitrogen functional groups attached to an aromatic ring is 1. The van der Waals surface area contributed by atoms with Crippen LogP contribution >= 0.6 is 15.9 Å². The van der Waals surface area contributed by atoms with Gasteiger partial charge in [-0.1, -0.05) is 15.9 Å². The molecule has 6 heteroatoms. The van der Waals surface area contributed by atoms with Crippen molar-refractivity contribution in [2.24, 2.45) is 0 Å². The van der Waals surface area contributed by atoms with Gasteiger partial charge in [0.15, 0.2) is 0 Å². The van der Waals surface area contributed by atoms with Crippen LogP contribution in [0.25, 0.3) is 0 Å². The summed E-state index contributed by atoms with van der Waals surface area (Å²) in [6, 6.07) is 8.56. The van der Waals surface area contributed by atoms with E-state index in [-0.39, 0.29) is 5.91 Å². The molecular weight excluding hydrogens is 322 g/mol. The van der Waals surface area contributed by atoms with Crippen LogP contribution < -0.4 is 10.5 Å². The second-order valence-electron chi connectivity index (χ2n) is 4.40. The zero-order valence-electron chi connectivity index (χ0n) is 11.1. The lowest BCUT2D eigenvalue weighted by Crippen LogP contribution is -2.22. The van der Waals surface area contributed by atoms with Gasteiger partial charge in [-0.25, -0.2) is 0 Å².